The molecule has 0 radical (unpaired) electrons. The van der Waals surface area contributed by atoms with Crippen LogP contribution in [0.3, 0.4) is 0 Å². The van der Waals surface area contributed by atoms with Gasteiger partial charge in [-0.25, -0.2) is 9.78 Å². The number of hydrogen-bond donors (Lipinski definition) is 2. The topological polar surface area (TPSA) is 57.3 Å². The van der Waals surface area contributed by atoms with Crippen molar-refractivity contribution in [2.45, 2.75) is 31.7 Å². The van der Waals surface area contributed by atoms with Crippen molar-refractivity contribution in [1.82, 2.24) is 10.3 Å². The van der Waals surface area contributed by atoms with Crippen molar-refractivity contribution in [2.24, 2.45) is 11.8 Å². The lowest BCUT2D eigenvalue weighted by molar-refractivity contribution is 0.245. The van der Waals surface area contributed by atoms with Crippen molar-refractivity contribution < 1.29 is 4.79 Å². The summed E-state index contributed by atoms with van der Waals surface area (Å²) in [4.78, 5) is 18.3. The molecule has 0 saturated heterocycles. The van der Waals surface area contributed by atoms with Gasteiger partial charge >= 0.3 is 6.03 Å². The summed E-state index contributed by atoms with van der Waals surface area (Å²) in [6.45, 7) is 0. The first-order chi connectivity index (χ1) is 9.63. The number of rotatable bonds is 5. The molecule has 1 aromatic rings. The molecular formula is C15H22N4O. The molecule has 0 aliphatic heterocycles. The summed E-state index contributed by atoms with van der Waals surface area (Å²) in [6.07, 6.45) is 6.75. The van der Waals surface area contributed by atoms with Gasteiger partial charge in [0.15, 0.2) is 0 Å². The molecule has 3 rings (SSSR count). The van der Waals surface area contributed by atoms with Crippen LogP contribution in [0.25, 0.3) is 0 Å². The number of pyridine rings is 1. The molecular weight excluding hydrogens is 252 g/mol. The lowest BCUT2D eigenvalue weighted by atomic mass is 10.1. The maximum Gasteiger partial charge on any atom is 0.319 e. The zero-order valence-corrected chi connectivity index (χ0v) is 12.1. The third-order valence-electron chi connectivity index (χ3n) is 4.02. The molecule has 108 valence electrons. The molecule has 2 saturated carbocycles. The number of nitrogens with one attached hydrogen (secondary N) is 2. The predicted molar refractivity (Wildman–Crippen MR) is 80.0 cm³/mol. The SMILES string of the molecule is CN(C)c1ccc(NC(=O)NC(C2CC2)C2CC2)cn1. The van der Waals surface area contributed by atoms with Crippen molar-refractivity contribution in [1.29, 1.82) is 0 Å². The van der Waals surface area contributed by atoms with Gasteiger partial charge in [0.2, 0.25) is 0 Å². The molecule has 0 atom stereocenters. The normalized spacial score (nSPS) is 17.9. The number of carbonyl (C=O) groups is 1. The Kier molecular flexibility index (Phi) is 3.51. The zero-order valence-electron chi connectivity index (χ0n) is 12.1. The molecule has 0 aromatic carbocycles. The van der Waals surface area contributed by atoms with Gasteiger partial charge in [0.25, 0.3) is 0 Å². The van der Waals surface area contributed by atoms with Gasteiger partial charge in [-0.3, -0.25) is 0 Å². The molecule has 0 bridgehead atoms. The van der Waals surface area contributed by atoms with E-state index in [4.69, 9.17) is 0 Å². The lowest BCUT2D eigenvalue weighted by Gasteiger charge is -2.18. The average molecular weight is 274 g/mol. The van der Waals surface area contributed by atoms with E-state index in [0.29, 0.717) is 17.9 Å². The van der Waals surface area contributed by atoms with Gasteiger partial charge in [0.05, 0.1) is 11.9 Å². The van der Waals surface area contributed by atoms with Crippen molar-refractivity contribution in [3.63, 3.8) is 0 Å². The minimum absolute atomic E-state index is 0.104. The fourth-order valence-corrected chi connectivity index (χ4v) is 2.57. The maximum atomic E-state index is 12.0. The molecule has 1 heterocycles. The Morgan fingerprint density at radius 1 is 1.25 bits per heavy atom. The van der Waals surface area contributed by atoms with Crippen LogP contribution in [0.1, 0.15) is 25.7 Å². The van der Waals surface area contributed by atoms with Crippen LogP contribution in [-0.4, -0.2) is 31.2 Å². The zero-order chi connectivity index (χ0) is 14.1. The van der Waals surface area contributed by atoms with Crippen LogP contribution in [0.15, 0.2) is 18.3 Å². The van der Waals surface area contributed by atoms with E-state index in [0.717, 1.165) is 11.5 Å². The van der Waals surface area contributed by atoms with Gasteiger partial charge in [0.1, 0.15) is 5.82 Å². The van der Waals surface area contributed by atoms with E-state index in [1.54, 1.807) is 6.20 Å². The van der Waals surface area contributed by atoms with Gasteiger partial charge in [-0.1, -0.05) is 0 Å². The molecule has 2 amide bonds. The summed E-state index contributed by atoms with van der Waals surface area (Å²) in [5.41, 5.74) is 0.735. The quantitative estimate of drug-likeness (QED) is 0.867. The Hall–Kier alpha value is -1.78. The first-order valence-corrected chi connectivity index (χ1v) is 7.34. The monoisotopic (exact) mass is 274 g/mol. The van der Waals surface area contributed by atoms with Crippen LogP contribution in [0.2, 0.25) is 0 Å². The molecule has 20 heavy (non-hydrogen) atoms. The fourth-order valence-electron chi connectivity index (χ4n) is 2.57. The molecule has 2 aliphatic rings. The summed E-state index contributed by atoms with van der Waals surface area (Å²) in [7, 11) is 3.88. The van der Waals surface area contributed by atoms with Gasteiger partial charge in [-0.05, 0) is 49.7 Å². The van der Waals surface area contributed by atoms with E-state index < -0.39 is 0 Å². The van der Waals surface area contributed by atoms with Gasteiger partial charge in [-0.15, -0.1) is 0 Å². The van der Waals surface area contributed by atoms with E-state index in [1.807, 2.05) is 31.1 Å². The molecule has 0 spiro atoms. The lowest BCUT2D eigenvalue weighted by Crippen LogP contribution is -2.40. The van der Waals surface area contributed by atoms with Crippen LogP contribution in [0, 0.1) is 11.8 Å². The van der Waals surface area contributed by atoms with Crippen molar-refractivity contribution in [2.75, 3.05) is 24.3 Å². The van der Waals surface area contributed by atoms with Crippen LogP contribution in [0.5, 0.6) is 0 Å². The average Bonchev–Trinajstić information content (AvgIpc) is 3.28. The first-order valence-electron chi connectivity index (χ1n) is 7.34. The highest BCUT2D eigenvalue weighted by atomic mass is 16.2. The second-order valence-corrected chi connectivity index (χ2v) is 6.10. The minimum Gasteiger partial charge on any atom is -0.363 e. The van der Waals surface area contributed by atoms with Crippen LogP contribution < -0.4 is 15.5 Å². The summed E-state index contributed by atoms with van der Waals surface area (Å²) >= 11 is 0. The third kappa shape index (κ3) is 3.21. The van der Waals surface area contributed by atoms with Crippen LogP contribution >= 0.6 is 0 Å². The number of anilines is 2. The van der Waals surface area contributed by atoms with Crippen molar-refractivity contribution in [3.05, 3.63) is 18.3 Å². The van der Waals surface area contributed by atoms with E-state index in [9.17, 15) is 4.79 Å². The van der Waals surface area contributed by atoms with E-state index in [-0.39, 0.29) is 6.03 Å². The second-order valence-electron chi connectivity index (χ2n) is 6.10. The third-order valence-corrected chi connectivity index (χ3v) is 4.02. The highest BCUT2D eigenvalue weighted by Crippen LogP contribution is 2.44. The molecule has 5 heteroatoms. The Balaban J connectivity index is 1.55. The first kappa shape index (κ1) is 13.2. The van der Waals surface area contributed by atoms with Gasteiger partial charge in [0, 0.05) is 20.1 Å². The molecule has 1 aromatic heterocycles. The summed E-state index contributed by atoms with van der Waals surface area (Å²) in [5.74, 6) is 2.30. The number of nitrogens with zero attached hydrogens (tertiary/aromatic N) is 2. The smallest absolute Gasteiger partial charge is 0.319 e. The Labute approximate surface area is 119 Å². The Bertz CT molecular complexity index is 465. The van der Waals surface area contributed by atoms with E-state index in [1.165, 1.54) is 25.7 Å². The number of carbonyl (C=O) groups excluding carboxylic acids is 1. The molecule has 2 aliphatic carbocycles. The summed E-state index contributed by atoms with van der Waals surface area (Å²) < 4.78 is 0. The van der Waals surface area contributed by atoms with E-state index >= 15 is 0 Å². The van der Waals surface area contributed by atoms with Gasteiger partial charge in [-0.2, -0.15) is 0 Å². The second kappa shape index (κ2) is 5.31. The van der Waals surface area contributed by atoms with Crippen LogP contribution in [-0.2, 0) is 0 Å². The Morgan fingerprint density at radius 3 is 2.35 bits per heavy atom. The molecule has 5 nitrogen and oxygen atoms in total. The highest BCUT2D eigenvalue weighted by Gasteiger charge is 2.42. The highest BCUT2D eigenvalue weighted by molar-refractivity contribution is 5.89. The summed E-state index contributed by atoms with van der Waals surface area (Å²) in [6, 6.07) is 4.05. The predicted octanol–water partition coefficient (Wildman–Crippen LogP) is 2.46. The molecule has 2 N–H and O–H groups in total. The fraction of sp³-hybridized carbons (Fsp3) is 0.600. The van der Waals surface area contributed by atoms with Gasteiger partial charge < -0.3 is 15.5 Å². The molecule has 2 fully saturated rings. The molecule has 0 unspecified atom stereocenters. The summed E-state index contributed by atoms with van der Waals surface area (Å²) in [5, 5.41) is 6.01. The number of hydrogen-bond acceptors (Lipinski definition) is 3. The Morgan fingerprint density at radius 2 is 1.90 bits per heavy atom. The maximum absolute atomic E-state index is 12.0. The largest absolute Gasteiger partial charge is 0.363 e. The van der Waals surface area contributed by atoms with Crippen LogP contribution in [0.4, 0.5) is 16.3 Å². The van der Waals surface area contributed by atoms with E-state index in [2.05, 4.69) is 15.6 Å². The minimum atomic E-state index is -0.104. The van der Waals surface area contributed by atoms with Crippen molar-refractivity contribution in [3.8, 4) is 0 Å². The number of amides is 2. The van der Waals surface area contributed by atoms with Crippen molar-refractivity contribution >= 4 is 17.5 Å². The standard InChI is InChI=1S/C15H22N4O/c1-19(2)13-8-7-12(9-16-13)17-15(20)18-14(10-3-4-10)11-5-6-11/h7-11,14H,3-6H2,1-2H3,(H2,17,18,20). The number of aromatic nitrogens is 1. The number of urea groups is 1.